The first-order chi connectivity index (χ1) is 6.57. The van der Waals surface area contributed by atoms with E-state index >= 15 is 0 Å². The van der Waals surface area contributed by atoms with Crippen LogP contribution >= 0.6 is 0 Å². The Bertz CT molecular complexity index is 359. The Labute approximate surface area is 76.8 Å². The van der Waals surface area contributed by atoms with Gasteiger partial charge in [0, 0.05) is 0 Å². The fourth-order valence-corrected chi connectivity index (χ4v) is 0.864. The van der Waals surface area contributed by atoms with Crippen LogP contribution in [0.5, 0.6) is 0 Å². The van der Waals surface area contributed by atoms with Crippen molar-refractivity contribution in [1.82, 2.24) is 4.98 Å². The summed E-state index contributed by atoms with van der Waals surface area (Å²) in [5.41, 5.74) is 0.458. The SMILES string of the molecule is NNc1c([N+](=O)[O-])cncc1[N+](=O)[O-]. The molecule has 0 bridgehead atoms. The Hall–Kier alpha value is -2.29. The van der Waals surface area contributed by atoms with E-state index in [1.54, 1.807) is 0 Å². The molecule has 0 atom stereocenters. The van der Waals surface area contributed by atoms with Crippen molar-refractivity contribution in [2.75, 3.05) is 5.43 Å². The lowest BCUT2D eigenvalue weighted by Crippen LogP contribution is -2.11. The molecule has 0 spiro atoms. The van der Waals surface area contributed by atoms with Crippen LogP contribution in [-0.4, -0.2) is 14.8 Å². The summed E-state index contributed by atoms with van der Waals surface area (Å²) in [5.74, 6) is 4.94. The van der Waals surface area contributed by atoms with Crippen LogP contribution in [0.1, 0.15) is 0 Å². The van der Waals surface area contributed by atoms with Gasteiger partial charge in [-0.1, -0.05) is 0 Å². The third-order valence-corrected chi connectivity index (χ3v) is 1.44. The predicted octanol–water partition coefficient (Wildman–Crippen LogP) is 0.184. The summed E-state index contributed by atoms with van der Waals surface area (Å²) in [4.78, 5) is 22.5. The van der Waals surface area contributed by atoms with Crippen molar-refractivity contribution in [1.29, 1.82) is 0 Å². The van der Waals surface area contributed by atoms with Gasteiger partial charge in [0.15, 0.2) is 0 Å². The molecule has 14 heavy (non-hydrogen) atoms. The molecule has 0 aliphatic heterocycles. The van der Waals surface area contributed by atoms with Crippen LogP contribution in [0.2, 0.25) is 0 Å². The second-order valence-corrected chi connectivity index (χ2v) is 2.21. The van der Waals surface area contributed by atoms with Gasteiger partial charge in [-0.25, -0.2) is 0 Å². The molecule has 1 heterocycles. The highest BCUT2D eigenvalue weighted by molar-refractivity contribution is 5.71. The van der Waals surface area contributed by atoms with Crippen LogP contribution in [0, 0.1) is 20.2 Å². The maximum Gasteiger partial charge on any atom is 0.318 e. The second-order valence-electron chi connectivity index (χ2n) is 2.21. The van der Waals surface area contributed by atoms with E-state index in [1.807, 2.05) is 5.43 Å². The Morgan fingerprint density at radius 2 is 1.64 bits per heavy atom. The molecule has 0 aliphatic rings. The third kappa shape index (κ3) is 1.56. The second kappa shape index (κ2) is 3.62. The minimum Gasteiger partial charge on any atom is -0.312 e. The average Bonchev–Trinajstić information content (AvgIpc) is 2.16. The average molecular weight is 199 g/mol. The van der Waals surface area contributed by atoms with Crippen molar-refractivity contribution in [2.24, 2.45) is 5.84 Å². The quantitative estimate of drug-likeness (QED) is 0.402. The van der Waals surface area contributed by atoms with Crippen LogP contribution in [0.15, 0.2) is 12.4 Å². The van der Waals surface area contributed by atoms with E-state index in [2.05, 4.69) is 4.98 Å². The number of nitro groups is 2. The first-order valence-corrected chi connectivity index (χ1v) is 3.31. The van der Waals surface area contributed by atoms with Gasteiger partial charge in [0.05, 0.1) is 9.85 Å². The lowest BCUT2D eigenvalue weighted by atomic mass is 10.3. The predicted molar refractivity (Wildman–Crippen MR) is 45.4 cm³/mol. The summed E-state index contributed by atoms with van der Waals surface area (Å²) in [5, 5.41) is 20.8. The molecule has 74 valence electrons. The number of nitrogen functional groups attached to an aromatic ring is 1. The van der Waals surface area contributed by atoms with Gasteiger partial charge in [-0.05, 0) is 0 Å². The van der Waals surface area contributed by atoms with Gasteiger partial charge in [-0.2, -0.15) is 0 Å². The van der Waals surface area contributed by atoms with Crippen LogP contribution in [0.4, 0.5) is 17.1 Å². The van der Waals surface area contributed by atoms with Gasteiger partial charge in [0.25, 0.3) is 0 Å². The van der Waals surface area contributed by atoms with E-state index in [9.17, 15) is 20.2 Å². The summed E-state index contributed by atoms with van der Waals surface area (Å²) in [6.45, 7) is 0. The largest absolute Gasteiger partial charge is 0.318 e. The summed E-state index contributed by atoms with van der Waals surface area (Å²) < 4.78 is 0. The van der Waals surface area contributed by atoms with Gasteiger partial charge >= 0.3 is 11.4 Å². The minimum absolute atomic E-state index is 0.366. The molecular formula is C5H5N5O4. The number of aromatic nitrogens is 1. The number of rotatable bonds is 3. The molecule has 9 nitrogen and oxygen atoms in total. The smallest absolute Gasteiger partial charge is 0.312 e. The number of hydrazine groups is 1. The fraction of sp³-hybridized carbons (Fsp3) is 0. The molecule has 1 rings (SSSR count). The van der Waals surface area contributed by atoms with E-state index in [4.69, 9.17) is 5.84 Å². The zero-order chi connectivity index (χ0) is 10.7. The third-order valence-electron chi connectivity index (χ3n) is 1.44. The molecule has 9 heteroatoms. The van der Waals surface area contributed by atoms with E-state index in [0.717, 1.165) is 12.4 Å². The summed E-state index contributed by atoms with van der Waals surface area (Å²) in [6.07, 6.45) is 1.75. The molecule has 0 unspecified atom stereocenters. The van der Waals surface area contributed by atoms with Crippen LogP contribution < -0.4 is 11.3 Å². The van der Waals surface area contributed by atoms with Gasteiger partial charge in [0.2, 0.25) is 5.69 Å². The number of nitrogens with two attached hydrogens (primary N) is 1. The maximum atomic E-state index is 10.4. The molecule has 0 aromatic carbocycles. The maximum absolute atomic E-state index is 10.4. The van der Waals surface area contributed by atoms with Crippen molar-refractivity contribution in [3.63, 3.8) is 0 Å². The molecule has 1 aromatic rings. The molecule has 0 saturated carbocycles. The number of hydrogen-bond acceptors (Lipinski definition) is 7. The number of nitrogens with one attached hydrogen (secondary N) is 1. The first-order valence-electron chi connectivity index (χ1n) is 3.31. The number of pyridine rings is 1. The lowest BCUT2D eigenvalue weighted by Gasteiger charge is -2.00. The van der Waals surface area contributed by atoms with Gasteiger partial charge < -0.3 is 5.43 Å². The van der Waals surface area contributed by atoms with Crippen molar-refractivity contribution < 1.29 is 9.85 Å². The Morgan fingerprint density at radius 1 is 1.21 bits per heavy atom. The van der Waals surface area contributed by atoms with E-state index < -0.39 is 21.2 Å². The van der Waals surface area contributed by atoms with Crippen molar-refractivity contribution in [3.05, 3.63) is 32.6 Å². The van der Waals surface area contributed by atoms with Gasteiger partial charge in [-0.3, -0.25) is 31.1 Å². The standard InChI is InChI=1S/C5H5N5O4/c6-8-5-3(9(11)12)1-7-2-4(5)10(13)14/h1-2H,6H2,(H,7,8). The lowest BCUT2D eigenvalue weighted by molar-refractivity contribution is -0.392. The molecule has 0 amide bonds. The normalized spacial score (nSPS) is 9.50. The molecule has 1 aromatic heterocycles. The van der Waals surface area contributed by atoms with E-state index in [-0.39, 0.29) is 5.69 Å². The Balaban J connectivity index is 3.39. The monoisotopic (exact) mass is 199 g/mol. The number of hydrogen-bond donors (Lipinski definition) is 2. The zero-order valence-corrected chi connectivity index (χ0v) is 6.71. The first kappa shape index (κ1) is 9.80. The molecule has 3 N–H and O–H groups in total. The zero-order valence-electron chi connectivity index (χ0n) is 6.71. The van der Waals surface area contributed by atoms with Crippen molar-refractivity contribution in [2.45, 2.75) is 0 Å². The highest BCUT2D eigenvalue weighted by Crippen LogP contribution is 2.31. The molecular weight excluding hydrogens is 194 g/mol. The van der Waals surface area contributed by atoms with Crippen molar-refractivity contribution >= 4 is 17.1 Å². The fourth-order valence-electron chi connectivity index (χ4n) is 0.864. The van der Waals surface area contributed by atoms with E-state index in [1.165, 1.54) is 0 Å². The molecule has 0 aliphatic carbocycles. The summed E-state index contributed by atoms with van der Waals surface area (Å²) >= 11 is 0. The molecule has 0 saturated heterocycles. The van der Waals surface area contributed by atoms with E-state index in [0.29, 0.717) is 0 Å². The Morgan fingerprint density at radius 3 is 1.93 bits per heavy atom. The minimum atomic E-state index is -0.810. The molecule has 0 fully saturated rings. The highest BCUT2D eigenvalue weighted by Gasteiger charge is 2.24. The Kier molecular flexibility index (Phi) is 2.53. The van der Waals surface area contributed by atoms with Gasteiger partial charge in [0.1, 0.15) is 12.4 Å². The van der Waals surface area contributed by atoms with Crippen molar-refractivity contribution in [3.8, 4) is 0 Å². The highest BCUT2D eigenvalue weighted by atomic mass is 16.6. The number of nitrogens with zero attached hydrogens (tertiary/aromatic N) is 3. The summed E-state index contributed by atoms with van der Waals surface area (Å²) in [6, 6.07) is 0. The van der Waals surface area contributed by atoms with Crippen LogP contribution in [-0.2, 0) is 0 Å². The topological polar surface area (TPSA) is 137 Å². The number of anilines is 1. The van der Waals surface area contributed by atoms with Gasteiger partial charge in [-0.15, -0.1) is 0 Å². The summed E-state index contributed by atoms with van der Waals surface area (Å²) in [7, 11) is 0. The van der Waals surface area contributed by atoms with Crippen LogP contribution in [0.3, 0.4) is 0 Å². The molecule has 0 radical (unpaired) electrons. The van der Waals surface area contributed by atoms with Crippen LogP contribution in [0.25, 0.3) is 0 Å².